The van der Waals surface area contributed by atoms with Crippen molar-refractivity contribution in [2.45, 2.75) is 32.1 Å². The number of rotatable bonds is 5. The fourth-order valence-corrected chi connectivity index (χ4v) is 3.52. The molecule has 1 fully saturated rings. The molecule has 0 amide bonds. The maximum Gasteiger partial charge on any atom is 0.122 e. The van der Waals surface area contributed by atoms with Crippen LogP contribution < -0.4 is 10.1 Å². The van der Waals surface area contributed by atoms with Crippen LogP contribution in [0.3, 0.4) is 0 Å². The summed E-state index contributed by atoms with van der Waals surface area (Å²) in [4.78, 5) is 0. The summed E-state index contributed by atoms with van der Waals surface area (Å²) < 4.78 is 6.25. The van der Waals surface area contributed by atoms with E-state index in [1.165, 1.54) is 17.5 Å². The molecular formula is C21H27NO. The van der Waals surface area contributed by atoms with Crippen molar-refractivity contribution < 1.29 is 4.74 Å². The van der Waals surface area contributed by atoms with Crippen LogP contribution in [0, 0.1) is 5.92 Å². The molecule has 0 radical (unpaired) electrons. The van der Waals surface area contributed by atoms with Gasteiger partial charge in [0.2, 0.25) is 0 Å². The van der Waals surface area contributed by atoms with Gasteiger partial charge in [0.1, 0.15) is 5.75 Å². The van der Waals surface area contributed by atoms with Crippen LogP contribution >= 0.6 is 0 Å². The van der Waals surface area contributed by atoms with Crippen LogP contribution in [0.2, 0.25) is 0 Å². The van der Waals surface area contributed by atoms with Gasteiger partial charge in [0.05, 0.1) is 6.61 Å². The molecule has 1 saturated heterocycles. The predicted molar refractivity (Wildman–Crippen MR) is 96.2 cm³/mol. The fraction of sp³-hybridized carbons (Fsp3) is 0.429. The van der Waals surface area contributed by atoms with Gasteiger partial charge in [-0.05, 0) is 42.0 Å². The highest BCUT2D eigenvalue weighted by atomic mass is 16.5. The molecule has 0 bridgehead atoms. The average molecular weight is 309 g/mol. The molecule has 0 aromatic heterocycles. The lowest BCUT2D eigenvalue weighted by Gasteiger charge is -2.32. The van der Waals surface area contributed by atoms with Crippen LogP contribution in [0.25, 0.3) is 0 Å². The van der Waals surface area contributed by atoms with Crippen molar-refractivity contribution in [2.75, 3.05) is 19.7 Å². The third-order valence-electron chi connectivity index (χ3n) is 4.83. The molecule has 1 aliphatic rings. The lowest BCUT2D eigenvalue weighted by molar-refractivity contribution is 0.195. The molecule has 1 heterocycles. The van der Waals surface area contributed by atoms with E-state index in [0.29, 0.717) is 17.8 Å². The third kappa shape index (κ3) is 3.94. The van der Waals surface area contributed by atoms with Crippen LogP contribution in [-0.4, -0.2) is 19.7 Å². The normalized spacial score (nSPS) is 21.3. The van der Waals surface area contributed by atoms with E-state index in [9.17, 15) is 0 Å². The minimum absolute atomic E-state index is 0.487. The zero-order valence-electron chi connectivity index (χ0n) is 14.2. The summed E-state index contributed by atoms with van der Waals surface area (Å²) in [6.07, 6.45) is 1.18. The van der Waals surface area contributed by atoms with Crippen LogP contribution in [-0.2, 0) is 0 Å². The highest BCUT2D eigenvalue weighted by molar-refractivity contribution is 5.35. The molecule has 2 aromatic rings. The van der Waals surface area contributed by atoms with E-state index in [0.717, 1.165) is 25.4 Å². The molecule has 2 nitrogen and oxygen atoms in total. The van der Waals surface area contributed by atoms with Crippen LogP contribution in [0.1, 0.15) is 43.2 Å². The summed E-state index contributed by atoms with van der Waals surface area (Å²) in [6, 6.07) is 19.3. The van der Waals surface area contributed by atoms with E-state index in [4.69, 9.17) is 4.74 Å². The molecule has 2 atom stereocenters. The molecule has 23 heavy (non-hydrogen) atoms. The molecule has 2 aromatic carbocycles. The van der Waals surface area contributed by atoms with Gasteiger partial charge in [0, 0.05) is 12.5 Å². The number of benzene rings is 2. The zero-order valence-corrected chi connectivity index (χ0v) is 14.2. The largest absolute Gasteiger partial charge is 0.493 e. The van der Waals surface area contributed by atoms with Crippen molar-refractivity contribution in [3.05, 3.63) is 65.7 Å². The predicted octanol–water partition coefficient (Wildman–Crippen LogP) is 4.58. The van der Waals surface area contributed by atoms with Gasteiger partial charge in [-0.1, -0.05) is 62.4 Å². The Hall–Kier alpha value is -1.80. The highest BCUT2D eigenvalue weighted by Gasteiger charge is 2.27. The topological polar surface area (TPSA) is 21.3 Å². The monoisotopic (exact) mass is 309 g/mol. The first-order valence-electron chi connectivity index (χ1n) is 8.73. The Bertz CT molecular complexity index is 608. The Morgan fingerprint density at radius 2 is 1.78 bits per heavy atom. The minimum atomic E-state index is 0.487. The molecular weight excluding hydrogens is 282 g/mol. The Morgan fingerprint density at radius 1 is 1.04 bits per heavy atom. The van der Waals surface area contributed by atoms with Crippen molar-refractivity contribution in [2.24, 2.45) is 5.92 Å². The lowest BCUT2D eigenvalue weighted by Crippen LogP contribution is -2.38. The quantitative estimate of drug-likeness (QED) is 0.872. The Balaban J connectivity index is 1.71. The summed E-state index contributed by atoms with van der Waals surface area (Å²) >= 11 is 0. The molecule has 0 saturated carbocycles. The first-order chi connectivity index (χ1) is 11.3. The number of hydrogen-bond acceptors (Lipinski definition) is 2. The second kappa shape index (κ2) is 7.65. The van der Waals surface area contributed by atoms with E-state index < -0.39 is 0 Å². The van der Waals surface area contributed by atoms with Gasteiger partial charge in [-0.2, -0.15) is 0 Å². The number of hydrogen-bond donors (Lipinski definition) is 1. The van der Waals surface area contributed by atoms with E-state index in [-0.39, 0.29) is 0 Å². The Kier molecular flexibility index (Phi) is 5.35. The molecule has 122 valence electrons. The second-order valence-electron chi connectivity index (χ2n) is 6.77. The molecule has 2 heteroatoms. The van der Waals surface area contributed by atoms with Crippen molar-refractivity contribution in [3.63, 3.8) is 0 Å². The Morgan fingerprint density at radius 3 is 2.57 bits per heavy atom. The van der Waals surface area contributed by atoms with E-state index in [1.807, 2.05) is 0 Å². The zero-order chi connectivity index (χ0) is 16.1. The van der Waals surface area contributed by atoms with Gasteiger partial charge in [-0.3, -0.25) is 0 Å². The van der Waals surface area contributed by atoms with Crippen LogP contribution in [0.5, 0.6) is 5.75 Å². The van der Waals surface area contributed by atoms with Crippen LogP contribution in [0.4, 0.5) is 0 Å². The fourth-order valence-electron chi connectivity index (χ4n) is 3.52. The molecule has 3 rings (SSSR count). The number of piperidine rings is 1. The third-order valence-corrected chi connectivity index (χ3v) is 4.83. The smallest absolute Gasteiger partial charge is 0.122 e. The Labute approximate surface area is 139 Å². The molecule has 1 aliphatic heterocycles. The van der Waals surface area contributed by atoms with Crippen molar-refractivity contribution in [3.8, 4) is 5.75 Å². The SMILES string of the molecule is CC(C)c1ccccc1OCC1CNCCC1c1ccccc1. The van der Waals surface area contributed by atoms with Crippen LogP contribution in [0.15, 0.2) is 54.6 Å². The molecule has 1 N–H and O–H groups in total. The lowest BCUT2D eigenvalue weighted by atomic mass is 9.81. The summed E-state index contributed by atoms with van der Waals surface area (Å²) in [5.74, 6) is 2.63. The molecule has 2 unspecified atom stereocenters. The highest BCUT2D eigenvalue weighted by Crippen LogP contribution is 2.32. The maximum atomic E-state index is 6.25. The van der Waals surface area contributed by atoms with Gasteiger partial charge in [0.15, 0.2) is 0 Å². The van der Waals surface area contributed by atoms with E-state index in [2.05, 4.69) is 73.8 Å². The van der Waals surface area contributed by atoms with Gasteiger partial charge in [0.25, 0.3) is 0 Å². The summed E-state index contributed by atoms with van der Waals surface area (Å²) in [7, 11) is 0. The summed E-state index contributed by atoms with van der Waals surface area (Å²) in [6.45, 7) is 7.34. The first kappa shape index (κ1) is 16.1. The number of ether oxygens (including phenoxy) is 1. The molecule has 0 aliphatic carbocycles. The van der Waals surface area contributed by atoms with Crippen molar-refractivity contribution >= 4 is 0 Å². The van der Waals surface area contributed by atoms with Gasteiger partial charge < -0.3 is 10.1 Å². The maximum absolute atomic E-state index is 6.25. The van der Waals surface area contributed by atoms with E-state index in [1.54, 1.807) is 0 Å². The average Bonchev–Trinajstić information content (AvgIpc) is 2.61. The van der Waals surface area contributed by atoms with Gasteiger partial charge >= 0.3 is 0 Å². The molecule has 0 spiro atoms. The first-order valence-corrected chi connectivity index (χ1v) is 8.73. The standard InChI is InChI=1S/C21H27NO/c1-16(2)19-10-6-7-11-21(19)23-15-18-14-22-13-12-20(18)17-8-4-3-5-9-17/h3-11,16,18,20,22H,12-15H2,1-2H3. The van der Waals surface area contributed by atoms with Crippen molar-refractivity contribution in [1.29, 1.82) is 0 Å². The van der Waals surface area contributed by atoms with Gasteiger partial charge in [-0.25, -0.2) is 0 Å². The van der Waals surface area contributed by atoms with Gasteiger partial charge in [-0.15, -0.1) is 0 Å². The number of nitrogens with one attached hydrogen (secondary N) is 1. The number of para-hydroxylation sites is 1. The van der Waals surface area contributed by atoms with E-state index >= 15 is 0 Å². The minimum Gasteiger partial charge on any atom is -0.493 e. The second-order valence-corrected chi connectivity index (χ2v) is 6.77. The summed E-state index contributed by atoms with van der Waals surface area (Å²) in [5.41, 5.74) is 2.74. The van der Waals surface area contributed by atoms with Crippen molar-refractivity contribution in [1.82, 2.24) is 5.32 Å². The summed E-state index contributed by atoms with van der Waals surface area (Å²) in [5, 5.41) is 3.53.